The van der Waals surface area contributed by atoms with E-state index in [0.29, 0.717) is 17.3 Å². The zero-order valence-electron chi connectivity index (χ0n) is 9.98. The normalized spacial score (nSPS) is 10.1. The summed E-state index contributed by atoms with van der Waals surface area (Å²) in [5.41, 5.74) is 2.63. The Morgan fingerprint density at radius 1 is 1.22 bits per heavy atom. The molecule has 0 fully saturated rings. The summed E-state index contributed by atoms with van der Waals surface area (Å²) < 4.78 is 0. The molecule has 2 rings (SSSR count). The summed E-state index contributed by atoms with van der Waals surface area (Å²) in [5, 5.41) is 2.74. The molecule has 1 N–H and O–H groups in total. The highest BCUT2D eigenvalue weighted by molar-refractivity contribution is 6.17. The second-order valence-electron chi connectivity index (χ2n) is 4.01. The van der Waals surface area contributed by atoms with Crippen molar-refractivity contribution in [2.75, 3.05) is 5.32 Å². The summed E-state index contributed by atoms with van der Waals surface area (Å²) in [6, 6.07) is 10.9. The molecule has 0 aliphatic rings. The Balaban J connectivity index is 2.09. The third-order valence-corrected chi connectivity index (χ3v) is 2.83. The number of nitrogens with one attached hydrogen (secondary N) is 1. The zero-order valence-corrected chi connectivity index (χ0v) is 10.7. The largest absolute Gasteiger partial charge is 0.307 e. The summed E-state index contributed by atoms with van der Waals surface area (Å²) in [5.74, 6) is 0.820. The van der Waals surface area contributed by atoms with E-state index >= 15 is 0 Å². The fraction of sp³-hybridized carbons (Fsp3) is 0.143. The maximum absolute atomic E-state index is 11.9. The summed E-state index contributed by atoms with van der Waals surface area (Å²) in [6.07, 6.45) is 1.71. The number of halogens is 1. The molecule has 0 bridgehead atoms. The first-order chi connectivity index (χ1) is 8.69. The number of alkyl halides is 1. The fourth-order valence-electron chi connectivity index (χ4n) is 1.48. The van der Waals surface area contributed by atoms with Crippen molar-refractivity contribution in [3.8, 4) is 0 Å². The van der Waals surface area contributed by atoms with Crippen LogP contribution < -0.4 is 5.32 Å². The van der Waals surface area contributed by atoms with Gasteiger partial charge in [-0.25, -0.2) is 4.98 Å². The number of anilines is 1. The van der Waals surface area contributed by atoms with Gasteiger partial charge in [0.15, 0.2) is 0 Å². The van der Waals surface area contributed by atoms with Gasteiger partial charge in [0.1, 0.15) is 5.82 Å². The third-order valence-electron chi connectivity index (χ3n) is 2.52. The molecule has 0 saturated heterocycles. The van der Waals surface area contributed by atoms with Crippen LogP contribution in [0.4, 0.5) is 5.82 Å². The van der Waals surface area contributed by atoms with Gasteiger partial charge in [-0.1, -0.05) is 18.2 Å². The Bertz CT molecular complexity index is 535. The molecule has 0 unspecified atom stereocenters. The van der Waals surface area contributed by atoms with Crippen molar-refractivity contribution in [2.45, 2.75) is 12.8 Å². The number of hydrogen-bond acceptors (Lipinski definition) is 2. The van der Waals surface area contributed by atoms with Crippen molar-refractivity contribution >= 4 is 23.3 Å². The Kier molecular flexibility index (Phi) is 3.95. The minimum atomic E-state index is -0.174. The minimum Gasteiger partial charge on any atom is -0.307 e. The maximum Gasteiger partial charge on any atom is 0.256 e. The van der Waals surface area contributed by atoms with Gasteiger partial charge in [-0.2, -0.15) is 0 Å². The van der Waals surface area contributed by atoms with E-state index in [-0.39, 0.29) is 5.91 Å². The molecule has 0 spiro atoms. The quantitative estimate of drug-likeness (QED) is 0.860. The van der Waals surface area contributed by atoms with Crippen molar-refractivity contribution in [1.82, 2.24) is 4.98 Å². The van der Waals surface area contributed by atoms with E-state index in [4.69, 9.17) is 11.6 Å². The molecule has 0 radical (unpaired) electrons. The van der Waals surface area contributed by atoms with Crippen LogP contribution in [0.5, 0.6) is 0 Å². The van der Waals surface area contributed by atoms with Crippen LogP contribution in [0.1, 0.15) is 21.5 Å². The number of benzene rings is 1. The van der Waals surface area contributed by atoms with Crippen LogP contribution in [0.25, 0.3) is 0 Å². The molecule has 0 atom stereocenters. The van der Waals surface area contributed by atoms with E-state index < -0.39 is 0 Å². The molecule has 4 heteroatoms. The third kappa shape index (κ3) is 3.08. The smallest absolute Gasteiger partial charge is 0.256 e. The predicted molar refractivity (Wildman–Crippen MR) is 72.9 cm³/mol. The van der Waals surface area contributed by atoms with E-state index in [1.807, 2.05) is 25.1 Å². The van der Waals surface area contributed by atoms with E-state index in [1.165, 1.54) is 0 Å². The lowest BCUT2D eigenvalue weighted by atomic mass is 10.1. The number of carbonyl (C=O) groups excluding carboxylic acids is 1. The highest BCUT2D eigenvalue weighted by atomic mass is 35.5. The van der Waals surface area contributed by atoms with Crippen molar-refractivity contribution in [3.05, 3.63) is 59.3 Å². The Hall–Kier alpha value is -1.87. The van der Waals surface area contributed by atoms with Gasteiger partial charge in [0.25, 0.3) is 5.91 Å². The van der Waals surface area contributed by atoms with E-state index in [0.717, 1.165) is 11.1 Å². The molecule has 18 heavy (non-hydrogen) atoms. The molecule has 1 amide bonds. The highest BCUT2D eigenvalue weighted by Gasteiger charge is 2.06. The van der Waals surface area contributed by atoms with Crippen molar-refractivity contribution in [1.29, 1.82) is 0 Å². The number of carbonyl (C=O) groups is 1. The first-order valence-corrected chi connectivity index (χ1v) is 6.11. The molecule has 0 saturated carbocycles. The van der Waals surface area contributed by atoms with Crippen LogP contribution in [-0.2, 0) is 5.88 Å². The Morgan fingerprint density at radius 2 is 1.94 bits per heavy atom. The molecular formula is C14H13ClN2O. The summed E-state index contributed by atoms with van der Waals surface area (Å²) in [7, 11) is 0. The van der Waals surface area contributed by atoms with Gasteiger partial charge in [0.2, 0.25) is 0 Å². The van der Waals surface area contributed by atoms with Crippen LogP contribution in [0, 0.1) is 6.92 Å². The van der Waals surface area contributed by atoms with E-state index in [1.54, 1.807) is 24.4 Å². The maximum atomic E-state index is 11.9. The van der Waals surface area contributed by atoms with Crippen molar-refractivity contribution in [3.63, 3.8) is 0 Å². The molecule has 1 aromatic carbocycles. The number of amides is 1. The zero-order chi connectivity index (χ0) is 13.0. The number of pyridine rings is 1. The second kappa shape index (κ2) is 5.65. The molecule has 1 heterocycles. The van der Waals surface area contributed by atoms with Crippen LogP contribution in [0.3, 0.4) is 0 Å². The van der Waals surface area contributed by atoms with E-state index in [9.17, 15) is 4.79 Å². The number of aryl methyl sites for hydroxylation is 1. The lowest BCUT2D eigenvalue weighted by Crippen LogP contribution is -2.12. The number of rotatable bonds is 3. The average Bonchev–Trinajstić information content (AvgIpc) is 2.41. The topological polar surface area (TPSA) is 42.0 Å². The predicted octanol–water partition coefficient (Wildman–Crippen LogP) is 3.38. The Morgan fingerprint density at radius 3 is 2.50 bits per heavy atom. The summed E-state index contributed by atoms with van der Waals surface area (Å²) >= 11 is 5.69. The monoisotopic (exact) mass is 260 g/mol. The average molecular weight is 261 g/mol. The SMILES string of the molecule is Cc1ccc(NC(=O)c2ccc(CCl)cc2)nc1. The van der Waals surface area contributed by atoms with Crippen LogP contribution in [0.2, 0.25) is 0 Å². The lowest BCUT2D eigenvalue weighted by Gasteiger charge is -2.05. The number of hydrogen-bond donors (Lipinski definition) is 1. The summed E-state index contributed by atoms with van der Waals surface area (Å²) in [4.78, 5) is 16.0. The van der Waals surface area contributed by atoms with Gasteiger partial charge in [0.05, 0.1) is 0 Å². The minimum absolute atomic E-state index is 0.174. The second-order valence-corrected chi connectivity index (χ2v) is 4.27. The number of aromatic nitrogens is 1. The van der Waals surface area contributed by atoms with Gasteiger partial charge in [-0.3, -0.25) is 4.79 Å². The van der Waals surface area contributed by atoms with Gasteiger partial charge >= 0.3 is 0 Å². The first kappa shape index (κ1) is 12.6. The van der Waals surface area contributed by atoms with Gasteiger partial charge in [-0.15, -0.1) is 11.6 Å². The van der Waals surface area contributed by atoms with Gasteiger partial charge in [-0.05, 0) is 36.2 Å². The van der Waals surface area contributed by atoms with Crippen molar-refractivity contribution in [2.24, 2.45) is 0 Å². The molecular weight excluding hydrogens is 248 g/mol. The van der Waals surface area contributed by atoms with Crippen molar-refractivity contribution < 1.29 is 4.79 Å². The molecule has 2 aromatic rings. The molecule has 0 aliphatic carbocycles. The van der Waals surface area contributed by atoms with Gasteiger partial charge < -0.3 is 5.32 Å². The van der Waals surface area contributed by atoms with Gasteiger partial charge in [0, 0.05) is 17.6 Å². The molecule has 1 aromatic heterocycles. The van der Waals surface area contributed by atoms with E-state index in [2.05, 4.69) is 10.3 Å². The molecule has 92 valence electrons. The first-order valence-electron chi connectivity index (χ1n) is 5.58. The lowest BCUT2D eigenvalue weighted by molar-refractivity contribution is 0.102. The van der Waals surface area contributed by atoms with Crippen LogP contribution in [-0.4, -0.2) is 10.9 Å². The van der Waals surface area contributed by atoms with Crippen LogP contribution >= 0.6 is 11.6 Å². The molecule has 0 aliphatic heterocycles. The number of nitrogens with zero attached hydrogens (tertiary/aromatic N) is 1. The fourth-order valence-corrected chi connectivity index (χ4v) is 1.65. The van der Waals surface area contributed by atoms with Crippen LogP contribution in [0.15, 0.2) is 42.6 Å². The standard InChI is InChI=1S/C14H13ClN2O/c1-10-2-7-13(16-9-10)17-14(18)12-5-3-11(8-15)4-6-12/h2-7,9H,8H2,1H3,(H,16,17,18). The summed E-state index contributed by atoms with van der Waals surface area (Å²) in [6.45, 7) is 1.95. The molecule has 3 nitrogen and oxygen atoms in total. The highest BCUT2D eigenvalue weighted by Crippen LogP contribution is 2.10. The Labute approximate surface area is 111 Å².